The number of aliphatic hydroxyl groups is 1. The molecule has 4 heteroatoms. The number of aliphatic hydroxyl groups excluding tert-OH is 1. The second-order valence-corrected chi connectivity index (χ2v) is 4.40. The van der Waals surface area contributed by atoms with Crippen LogP contribution in [0.3, 0.4) is 0 Å². The van der Waals surface area contributed by atoms with Crippen molar-refractivity contribution in [2.75, 3.05) is 6.54 Å². The Morgan fingerprint density at radius 2 is 1.90 bits per heavy atom. The summed E-state index contributed by atoms with van der Waals surface area (Å²) in [6, 6.07) is 11.5. The highest BCUT2D eigenvalue weighted by molar-refractivity contribution is 5.42. The molecule has 2 rings (SSSR count). The maximum Gasteiger partial charge on any atom is 0.124 e. The molecule has 0 saturated carbocycles. The molecule has 0 aliphatic rings. The van der Waals surface area contributed by atoms with Crippen molar-refractivity contribution in [3.63, 3.8) is 0 Å². The summed E-state index contributed by atoms with van der Waals surface area (Å²) in [5.41, 5.74) is 7.53. The van der Waals surface area contributed by atoms with Gasteiger partial charge in [0.25, 0.3) is 0 Å². The molecule has 21 heavy (non-hydrogen) atoms. The van der Waals surface area contributed by atoms with Crippen LogP contribution in [-0.2, 0) is 13.2 Å². The van der Waals surface area contributed by atoms with Crippen molar-refractivity contribution in [1.82, 2.24) is 0 Å². The average molecular weight is 285 g/mol. The zero-order valence-electron chi connectivity index (χ0n) is 11.5. The van der Waals surface area contributed by atoms with E-state index in [0.717, 1.165) is 11.1 Å². The Kier molecular flexibility index (Phi) is 5.33. The van der Waals surface area contributed by atoms with E-state index < -0.39 is 0 Å². The van der Waals surface area contributed by atoms with Gasteiger partial charge in [-0.05, 0) is 29.8 Å². The van der Waals surface area contributed by atoms with Crippen LogP contribution >= 0.6 is 0 Å². The lowest BCUT2D eigenvalue weighted by molar-refractivity contribution is 0.280. The van der Waals surface area contributed by atoms with Crippen molar-refractivity contribution in [3.8, 4) is 17.6 Å². The van der Waals surface area contributed by atoms with Crippen LogP contribution in [0, 0.1) is 17.7 Å². The minimum absolute atomic E-state index is 0.00291. The first kappa shape index (κ1) is 15.0. The van der Waals surface area contributed by atoms with Gasteiger partial charge in [-0.1, -0.05) is 30.0 Å². The van der Waals surface area contributed by atoms with Crippen LogP contribution in [-0.4, -0.2) is 11.7 Å². The lowest BCUT2D eigenvalue weighted by atomic mass is 10.1. The summed E-state index contributed by atoms with van der Waals surface area (Å²) >= 11 is 0. The molecule has 3 nitrogen and oxygen atoms in total. The van der Waals surface area contributed by atoms with Crippen LogP contribution in [0.15, 0.2) is 42.5 Å². The molecule has 0 unspecified atom stereocenters. The number of hydrogen-bond donors (Lipinski definition) is 2. The Morgan fingerprint density at radius 1 is 1.14 bits per heavy atom. The first-order chi connectivity index (χ1) is 10.2. The fourth-order valence-electron chi connectivity index (χ4n) is 1.79. The predicted molar refractivity (Wildman–Crippen MR) is 79.0 cm³/mol. The van der Waals surface area contributed by atoms with E-state index in [0.29, 0.717) is 11.3 Å². The Hall–Kier alpha value is -2.35. The van der Waals surface area contributed by atoms with Crippen LogP contribution in [0.2, 0.25) is 0 Å². The Labute approximate surface area is 123 Å². The van der Waals surface area contributed by atoms with Gasteiger partial charge < -0.3 is 15.6 Å². The third kappa shape index (κ3) is 4.32. The fraction of sp³-hybridized carbons (Fsp3) is 0.176. The molecular formula is C17H16FNO2. The number of nitrogens with two attached hydrogens (primary N) is 1. The largest absolute Gasteiger partial charge is 0.489 e. The second kappa shape index (κ2) is 7.44. The van der Waals surface area contributed by atoms with Crippen molar-refractivity contribution in [2.24, 2.45) is 5.73 Å². The standard InChI is InChI=1S/C17H16FNO2/c18-16-6-5-15(14(10-16)2-1-9-19)12-21-17-7-3-13(11-20)4-8-17/h3-8,10,20H,9,11-12,19H2. The lowest BCUT2D eigenvalue weighted by Crippen LogP contribution is -2.00. The second-order valence-electron chi connectivity index (χ2n) is 4.40. The highest BCUT2D eigenvalue weighted by atomic mass is 19.1. The Bertz CT molecular complexity index is 657. The van der Waals surface area contributed by atoms with Gasteiger partial charge in [-0.25, -0.2) is 4.39 Å². The van der Waals surface area contributed by atoms with Gasteiger partial charge in [-0.3, -0.25) is 0 Å². The van der Waals surface area contributed by atoms with Gasteiger partial charge in [-0.2, -0.15) is 0 Å². The van der Waals surface area contributed by atoms with Gasteiger partial charge in [0, 0.05) is 11.1 Å². The maximum absolute atomic E-state index is 13.3. The Balaban J connectivity index is 2.11. The van der Waals surface area contributed by atoms with E-state index in [2.05, 4.69) is 11.8 Å². The van der Waals surface area contributed by atoms with Crippen LogP contribution in [0.25, 0.3) is 0 Å². The third-order valence-electron chi connectivity index (χ3n) is 2.90. The van der Waals surface area contributed by atoms with Gasteiger partial charge in [0.2, 0.25) is 0 Å². The molecule has 2 aromatic rings. The van der Waals surface area contributed by atoms with Gasteiger partial charge in [0.1, 0.15) is 18.2 Å². The van der Waals surface area contributed by atoms with Crippen LogP contribution in [0.1, 0.15) is 16.7 Å². The number of rotatable bonds is 4. The topological polar surface area (TPSA) is 55.5 Å². The summed E-state index contributed by atoms with van der Waals surface area (Å²) in [5.74, 6) is 5.89. The van der Waals surface area contributed by atoms with Crippen molar-refractivity contribution in [2.45, 2.75) is 13.2 Å². The van der Waals surface area contributed by atoms with E-state index >= 15 is 0 Å². The van der Waals surface area contributed by atoms with E-state index in [9.17, 15) is 4.39 Å². The Morgan fingerprint density at radius 3 is 2.57 bits per heavy atom. The third-order valence-corrected chi connectivity index (χ3v) is 2.90. The molecule has 0 fully saturated rings. The number of ether oxygens (including phenoxy) is 1. The van der Waals surface area contributed by atoms with E-state index in [1.54, 1.807) is 30.3 Å². The van der Waals surface area contributed by atoms with Crippen molar-refractivity contribution < 1.29 is 14.2 Å². The van der Waals surface area contributed by atoms with Crippen LogP contribution < -0.4 is 10.5 Å². The first-order valence-electron chi connectivity index (χ1n) is 6.53. The summed E-state index contributed by atoms with van der Waals surface area (Å²) in [5, 5.41) is 8.98. The molecule has 2 aromatic carbocycles. The van der Waals surface area contributed by atoms with Crippen molar-refractivity contribution in [1.29, 1.82) is 0 Å². The molecular weight excluding hydrogens is 269 g/mol. The molecule has 0 bridgehead atoms. The van der Waals surface area contributed by atoms with Crippen LogP contribution in [0.5, 0.6) is 5.75 Å². The van der Waals surface area contributed by atoms with Gasteiger partial charge in [0.05, 0.1) is 13.2 Å². The zero-order valence-corrected chi connectivity index (χ0v) is 11.5. The molecule has 3 N–H and O–H groups in total. The normalized spacial score (nSPS) is 9.86. The van der Waals surface area contributed by atoms with E-state index in [1.165, 1.54) is 12.1 Å². The van der Waals surface area contributed by atoms with Gasteiger partial charge >= 0.3 is 0 Å². The van der Waals surface area contributed by atoms with E-state index in [1.807, 2.05) is 0 Å². The molecule has 108 valence electrons. The monoisotopic (exact) mass is 285 g/mol. The smallest absolute Gasteiger partial charge is 0.124 e. The average Bonchev–Trinajstić information content (AvgIpc) is 2.52. The molecule has 0 heterocycles. The lowest BCUT2D eigenvalue weighted by Gasteiger charge is -2.09. The quantitative estimate of drug-likeness (QED) is 0.847. The van der Waals surface area contributed by atoms with Gasteiger partial charge in [0.15, 0.2) is 0 Å². The molecule has 0 aliphatic heterocycles. The van der Waals surface area contributed by atoms with Crippen LogP contribution in [0.4, 0.5) is 4.39 Å². The summed E-state index contributed by atoms with van der Waals surface area (Å²) in [6.45, 7) is 0.504. The molecule has 0 amide bonds. The summed E-state index contributed by atoms with van der Waals surface area (Å²) in [4.78, 5) is 0. The fourth-order valence-corrected chi connectivity index (χ4v) is 1.79. The van der Waals surface area contributed by atoms with E-state index in [-0.39, 0.29) is 25.6 Å². The minimum atomic E-state index is -0.340. The number of halogens is 1. The minimum Gasteiger partial charge on any atom is -0.489 e. The summed E-state index contributed by atoms with van der Waals surface area (Å²) in [7, 11) is 0. The molecule has 0 aliphatic carbocycles. The zero-order chi connectivity index (χ0) is 15.1. The molecule has 0 aromatic heterocycles. The summed E-state index contributed by atoms with van der Waals surface area (Å²) < 4.78 is 18.9. The molecule has 0 saturated heterocycles. The highest BCUT2D eigenvalue weighted by Gasteiger charge is 2.04. The molecule has 0 spiro atoms. The van der Waals surface area contributed by atoms with Gasteiger partial charge in [-0.15, -0.1) is 0 Å². The summed E-state index contributed by atoms with van der Waals surface area (Å²) in [6.07, 6.45) is 0. The molecule has 0 atom stereocenters. The predicted octanol–water partition coefficient (Wildman–Crippen LogP) is 2.21. The molecule has 0 radical (unpaired) electrons. The van der Waals surface area contributed by atoms with E-state index in [4.69, 9.17) is 15.6 Å². The highest BCUT2D eigenvalue weighted by Crippen LogP contribution is 2.16. The number of benzene rings is 2. The number of hydrogen-bond acceptors (Lipinski definition) is 3. The maximum atomic E-state index is 13.3. The van der Waals surface area contributed by atoms with Crippen molar-refractivity contribution in [3.05, 3.63) is 65.0 Å². The first-order valence-corrected chi connectivity index (χ1v) is 6.53. The van der Waals surface area contributed by atoms with Crippen molar-refractivity contribution >= 4 is 0 Å². The SMILES string of the molecule is NCC#Cc1cc(F)ccc1COc1ccc(CO)cc1.